The van der Waals surface area contributed by atoms with Crippen LogP contribution < -0.4 is 0 Å². The molecule has 0 bridgehead atoms. The predicted molar refractivity (Wildman–Crippen MR) is 99.2 cm³/mol. The molecule has 2 aromatic rings. The van der Waals surface area contributed by atoms with Crippen molar-refractivity contribution >= 4 is 28.6 Å². The molecule has 24 heavy (non-hydrogen) atoms. The molecule has 128 valence electrons. The summed E-state index contributed by atoms with van der Waals surface area (Å²) < 4.78 is 0. The van der Waals surface area contributed by atoms with Crippen LogP contribution in [-0.4, -0.2) is 46.9 Å². The molecule has 6 heteroatoms. The average molecular weight is 362 g/mol. The third kappa shape index (κ3) is 3.55. The Hall–Kier alpha value is -1.24. The zero-order chi connectivity index (χ0) is 16.4. The van der Waals surface area contributed by atoms with Crippen LogP contribution in [-0.2, 0) is 11.3 Å². The molecular weight excluding hydrogens is 338 g/mol. The van der Waals surface area contributed by atoms with Crippen molar-refractivity contribution in [2.45, 2.75) is 32.2 Å². The highest BCUT2D eigenvalue weighted by Gasteiger charge is 2.29. The summed E-state index contributed by atoms with van der Waals surface area (Å²) >= 11 is 3.44. The van der Waals surface area contributed by atoms with Crippen molar-refractivity contribution in [3.05, 3.63) is 27.9 Å². The number of thiophene rings is 1. The van der Waals surface area contributed by atoms with E-state index in [2.05, 4.69) is 32.0 Å². The summed E-state index contributed by atoms with van der Waals surface area (Å²) in [7, 11) is 0. The zero-order valence-electron chi connectivity index (χ0n) is 13.8. The average Bonchev–Trinajstić information content (AvgIpc) is 3.36. The lowest BCUT2D eigenvalue weighted by Crippen LogP contribution is -2.41. The second kappa shape index (κ2) is 7.33. The van der Waals surface area contributed by atoms with Crippen molar-refractivity contribution in [1.82, 2.24) is 14.8 Å². The van der Waals surface area contributed by atoms with Crippen LogP contribution in [0.4, 0.5) is 0 Å². The lowest BCUT2D eigenvalue weighted by atomic mass is 9.95. The van der Waals surface area contributed by atoms with Gasteiger partial charge in [0.2, 0.25) is 5.91 Å². The van der Waals surface area contributed by atoms with Crippen LogP contribution >= 0.6 is 22.7 Å². The number of amides is 1. The maximum absolute atomic E-state index is 12.5. The van der Waals surface area contributed by atoms with Crippen LogP contribution in [0.15, 0.2) is 22.2 Å². The summed E-state index contributed by atoms with van der Waals surface area (Å²) in [6.07, 6.45) is 4.36. The molecular formula is C18H23N3OS2. The predicted octanol–water partition coefficient (Wildman–Crippen LogP) is 3.71. The molecule has 2 aliphatic heterocycles. The van der Waals surface area contributed by atoms with E-state index < -0.39 is 0 Å². The topological polar surface area (TPSA) is 36.4 Å². The van der Waals surface area contributed by atoms with Gasteiger partial charge in [-0.1, -0.05) is 0 Å². The molecule has 0 atom stereocenters. The molecule has 0 saturated carbocycles. The number of carbonyl (C=O) groups is 1. The van der Waals surface area contributed by atoms with Crippen molar-refractivity contribution in [2.24, 2.45) is 5.92 Å². The maximum atomic E-state index is 12.5. The van der Waals surface area contributed by atoms with Gasteiger partial charge in [-0.3, -0.25) is 9.69 Å². The van der Waals surface area contributed by atoms with E-state index >= 15 is 0 Å². The normalized spacial score (nSPS) is 19.9. The molecule has 4 heterocycles. The second-order valence-corrected chi connectivity index (χ2v) is 8.38. The van der Waals surface area contributed by atoms with Crippen molar-refractivity contribution in [3.8, 4) is 10.6 Å². The number of likely N-dealkylation sites (tertiary alicyclic amines) is 2. The summed E-state index contributed by atoms with van der Waals surface area (Å²) in [6, 6.07) is 2.13. The summed E-state index contributed by atoms with van der Waals surface area (Å²) in [5.41, 5.74) is 2.39. The molecule has 1 amide bonds. The van der Waals surface area contributed by atoms with Gasteiger partial charge in [0.15, 0.2) is 0 Å². The number of nitrogens with zero attached hydrogens (tertiary/aromatic N) is 3. The van der Waals surface area contributed by atoms with Gasteiger partial charge in [0.1, 0.15) is 5.01 Å². The molecule has 4 rings (SSSR count). The van der Waals surface area contributed by atoms with E-state index in [0.717, 1.165) is 56.3 Å². The third-order valence-electron chi connectivity index (χ3n) is 5.06. The number of hydrogen-bond donors (Lipinski definition) is 0. The lowest BCUT2D eigenvalue weighted by Gasteiger charge is -2.32. The van der Waals surface area contributed by atoms with Gasteiger partial charge in [-0.2, -0.15) is 11.3 Å². The summed E-state index contributed by atoms with van der Waals surface area (Å²) in [4.78, 5) is 21.8. The van der Waals surface area contributed by atoms with Crippen LogP contribution in [0, 0.1) is 5.92 Å². The third-order valence-corrected chi connectivity index (χ3v) is 6.68. The van der Waals surface area contributed by atoms with Gasteiger partial charge in [-0.05, 0) is 50.2 Å². The highest BCUT2D eigenvalue weighted by Crippen LogP contribution is 2.27. The Kier molecular flexibility index (Phi) is 4.96. The van der Waals surface area contributed by atoms with Crippen LogP contribution in [0.2, 0.25) is 0 Å². The largest absolute Gasteiger partial charge is 0.342 e. The number of rotatable bonds is 4. The Balaban J connectivity index is 1.29. The summed E-state index contributed by atoms with van der Waals surface area (Å²) in [6.45, 7) is 4.88. The minimum atomic E-state index is 0.246. The van der Waals surface area contributed by atoms with Crippen LogP contribution in [0.25, 0.3) is 10.6 Å². The lowest BCUT2D eigenvalue weighted by molar-refractivity contribution is -0.136. The monoisotopic (exact) mass is 361 g/mol. The fourth-order valence-corrected chi connectivity index (χ4v) is 5.18. The number of carbonyl (C=O) groups excluding carboxylic acids is 1. The van der Waals surface area contributed by atoms with Crippen molar-refractivity contribution in [2.75, 3.05) is 26.2 Å². The molecule has 2 fully saturated rings. The minimum absolute atomic E-state index is 0.246. The Morgan fingerprint density at radius 2 is 1.96 bits per heavy atom. The summed E-state index contributed by atoms with van der Waals surface area (Å²) in [5, 5.41) is 7.54. The van der Waals surface area contributed by atoms with Crippen molar-refractivity contribution < 1.29 is 4.79 Å². The molecule has 2 aliphatic rings. The molecule has 2 aromatic heterocycles. The fourth-order valence-electron chi connectivity index (χ4n) is 3.66. The fraction of sp³-hybridized carbons (Fsp3) is 0.556. The van der Waals surface area contributed by atoms with E-state index in [1.165, 1.54) is 18.4 Å². The van der Waals surface area contributed by atoms with Crippen molar-refractivity contribution in [1.29, 1.82) is 0 Å². The Morgan fingerprint density at radius 3 is 2.67 bits per heavy atom. The second-order valence-electron chi connectivity index (χ2n) is 6.74. The Bertz CT molecular complexity index is 668. The van der Waals surface area contributed by atoms with Crippen LogP contribution in [0.1, 0.15) is 31.4 Å². The first kappa shape index (κ1) is 16.2. The molecule has 0 radical (unpaired) electrons. The number of hydrogen-bond acceptors (Lipinski definition) is 5. The molecule has 0 aliphatic carbocycles. The number of thiazole rings is 1. The first-order valence-electron chi connectivity index (χ1n) is 8.78. The zero-order valence-corrected chi connectivity index (χ0v) is 15.5. The van der Waals surface area contributed by atoms with E-state index in [1.54, 1.807) is 22.7 Å². The van der Waals surface area contributed by atoms with Gasteiger partial charge in [-0.15, -0.1) is 11.3 Å². The van der Waals surface area contributed by atoms with E-state index in [-0.39, 0.29) is 5.92 Å². The summed E-state index contributed by atoms with van der Waals surface area (Å²) in [5.74, 6) is 0.650. The van der Waals surface area contributed by atoms with Gasteiger partial charge in [0, 0.05) is 41.9 Å². The van der Waals surface area contributed by atoms with Crippen LogP contribution in [0.3, 0.4) is 0 Å². The standard InChI is InChI=1S/C18H23N3OS2/c22-18(21-6-1-2-7-21)14-3-8-20(9-4-14)11-16-13-24-17(19-16)15-5-10-23-12-15/h5,10,12-14H,1-4,6-9,11H2. The van der Waals surface area contributed by atoms with Gasteiger partial charge in [0.05, 0.1) is 5.69 Å². The van der Waals surface area contributed by atoms with Gasteiger partial charge in [-0.25, -0.2) is 4.98 Å². The molecule has 0 aromatic carbocycles. The van der Waals surface area contributed by atoms with Crippen LogP contribution in [0.5, 0.6) is 0 Å². The first-order valence-corrected chi connectivity index (χ1v) is 10.6. The molecule has 0 spiro atoms. The Labute approximate surface area is 151 Å². The number of aromatic nitrogens is 1. The number of piperidine rings is 1. The quantitative estimate of drug-likeness (QED) is 0.833. The van der Waals surface area contributed by atoms with Gasteiger partial charge < -0.3 is 4.90 Å². The van der Waals surface area contributed by atoms with Gasteiger partial charge in [0.25, 0.3) is 0 Å². The first-order chi connectivity index (χ1) is 11.8. The van der Waals surface area contributed by atoms with E-state index in [4.69, 9.17) is 4.98 Å². The van der Waals surface area contributed by atoms with Crippen molar-refractivity contribution in [3.63, 3.8) is 0 Å². The van der Waals surface area contributed by atoms with Gasteiger partial charge >= 0.3 is 0 Å². The van der Waals surface area contributed by atoms with E-state index in [9.17, 15) is 4.79 Å². The SMILES string of the molecule is O=C(C1CCN(Cc2csc(-c3ccsc3)n2)CC1)N1CCCC1. The smallest absolute Gasteiger partial charge is 0.225 e. The molecule has 2 saturated heterocycles. The molecule has 0 N–H and O–H groups in total. The molecule has 0 unspecified atom stereocenters. The van der Waals surface area contributed by atoms with E-state index in [1.807, 2.05) is 0 Å². The molecule has 4 nitrogen and oxygen atoms in total. The minimum Gasteiger partial charge on any atom is -0.342 e. The maximum Gasteiger partial charge on any atom is 0.225 e. The van der Waals surface area contributed by atoms with E-state index in [0.29, 0.717) is 5.91 Å². The Morgan fingerprint density at radius 1 is 1.17 bits per heavy atom. The highest BCUT2D eigenvalue weighted by molar-refractivity contribution is 7.14. The highest BCUT2D eigenvalue weighted by atomic mass is 32.1.